The van der Waals surface area contributed by atoms with Gasteiger partial charge in [-0.05, 0) is 57.5 Å². The molecule has 0 aliphatic carbocycles. The van der Waals surface area contributed by atoms with Crippen LogP contribution in [-0.2, 0) is 4.79 Å². The Morgan fingerprint density at radius 1 is 1.42 bits per heavy atom. The number of aryl methyl sites for hydroxylation is 1. The first-order valence-electron chi connectivity index (χ1n) is 8.53. The minimum absolute atomic E-state index is 0.306. The number of hydrogen-bond donors (Lipinski definition) is 1. The van der Waals surface area contributed by atoms with Crippen molar-refractivity contribution in [3.8, 4) is 0 Å². The molecule has 0 spiro atoms. The lowest BCUT2D eigenvalue weighted by atomic mass is 9.88. The van der Waals surface area contributed by atoms with E-state index in [2.05, 4.69) is 68.9 Å². The fourth-order valence-electron chi connectivity index (χ4n) is 3.21. The summed E-state index contributed by atoms with van der Waals surface area (Å²) in [6.07, 6.45) is 2.54. The number of aliphatic carboxylic acids is 1. The molecule has 1 N–H and O–H groups in total. The number of halogens is 1. The number of carboxylic acid groups (broad SMARTS) is 1. The Morgan fingerprint density at radius 2 is 2.04 bits per heavy atom. The van der Waals surface area contributed by atoms with Gasteiger partial charge < -0.3 is 14.9 Å². The van der Waals surface area contributed by atoms with Gasteiger partial charge in [-0.3, -0.25) is 4.79 Å². The van der Waals surface area contributed by atoms with Crippen molar-refractivity contribution in [1.29, 1.82) is 0 Å². The number of carbonyl (C=O) groups is 1. The highest BCUT2D eigenvalue weighted by Gasteiger charge is 2.31. The average Bonchev–Trinajstić information content (AvgIpc) is 2.54. The Balaban J connectivity index is 0.000000505. The van der Waals surface area contributed by atoms with E-state index >= 15 is 0 Å². The monoisotopic (exact) mass is 354 g/mol. The van der Waals surface area contributed by atoms with Crippen LogP contribution >= 0.6 is 11.6 Å². The quantitative estimate of drug-likeness (QED) is 0.834. The largest absolute Gasteiger partial charge is 0.480 e. The predicted octanol–water partition coefficient (Wildman–Crippen LogP) is 3.86. The van der Waals surface area contributed by atoms with Gasteiger partial charge in [-0.15, -0.1) is 11.6 Å². The number of anilines is 1. The van der Waals surface area contributed by atoms with Gasteiger partial charge in [-0.2, -0.15) is 0 Å². The van der Waals surface area contributed by atoms with Crippen molar-refractivity contribution < 1.29 is 9.90 Å². The molecule has 1 aliphatic heterocycles. The smallest absolute Gasteiger partial charge is 0.318 e. The molecule has 4 nitrogen and oxygen atoms in total. The van der Waals surface area contributed by atoms with Crippen LogP contribution in [0.2, 0.25) is 0 Å². The number of rotatable bonds is 4. The van der Waals surface area contributed by atoms with E-state index in [-0.39, 0.29) is 5.88 Å². The molecule has 0 bridgehead atoms. The molecule has 1 saturated heterocycles. The van der Waals surface area contributed by atoms with Gasteiger partial charge in [0.05, 0.1) is 0 Å². The normalized spacial score (nSPS) is 20.8. The lowest BCUT2D eigenvalue weighted by molar-refractivity contribution is -0.134. The summed E-state index contributed by atoms with van der Waals surface area (Å²) in [7, 11) is 4.43. The van der Waals surface area contributed by atoms with Crippen LogP contribution in [0.1, 0.15) is 32.3 Å². The van der Waals surface area contributed by atoms with Crippen LogP contribution in [0.3, 0.4) is 0 Å². The van der Waals surface area contributed by atoms with E-state index in [0.717, 1.165) is 6.04 Å². The zero-order valence-electron chi connectivity index (χ0n) is 15.5. The van der Waals surface area contributed by atoms with E-state index in [4.69, 9.17) is 16.7 Å². The molecule has 1 aliphatic rings. The second-order valence-electron chi connectivity index (χ2n) is 7.01. The molecule has 5 heteroatoms. The summed E-state index contributed by atoms with van der Waals surface area (Å²) >= 11 is 4.74. The third kappa shape index (κ3) is 6.33. The molecular formula is C19H31ClN2O2. The summed E-state index contributed by atoms with van der Waals surface area (Å²) in [6.45, 7) is 8.06. The number of hydrogen-bond acceptors (Lipinski definition) is 3. The summed E-state index contributed by atoms with van der Waals surface area (Å²) in [6, 6.07) is 10.3. The Labute approximate surface area is 151 Å². The molecule has 1 heterocycles. The van der Waals surface area contributed by atoms with Crippen molar-refractivity contribution in [1.82, 2.24) is 4.90 Å². The van der Waals surface area contributed by atoms with Gasteiger partial charge in [-0.1, -0.05) is 26.0 Å². The topological polar surface area (TPSA) is 43.8 Å². The average molecular weight is 355 g/mol. The van der Waals surface area contributed by atoms with Crippen molar-refractivity contribution in [2.75, 3.05) is 31.4 Å². The molecular weight excluding hydrogens is 324 g/mol. The highest BCUT2D eigenvalue weighted by atomic mass is 35.5. The molecule has 136 valence electrons. The molecule has 24 heavy (non-hydrogen) atoms. The maximum atomic E-state index is 9.24. The zero-order chi connectivity index (χ0) is 18.3. The summed E-state index contributed by atoms with van der Waals surface area (Å²) < 4.78 is 0. The lowest BCUT2D eigenvalue weighted by Gasteiger charge is -2.45. The third-order valence-electron chi connectivity index (χ3n) is 4.56. The van der Waals surface area contributed by atoms with Crippen molar-refractivity contribution in [2.24, 2.45) is 5.92 Å². The molecule has 0 radical (unpaired) electrons. The Kier molecular flexibility index (Phi) is 8.57. The maximum Gasteiger partial charge on any atom is 0.318 e. The molecule has 0 aromatic heterocycles. The highest BCUT2D eigenvalue weighted by molar-refractivity contribution is 6.26. The van der Waals surface area contributed by atoms with Gasteiger partial charge >= 0.3 is 5.97 Å². The number of benzene rings is 1. The van der Waals surface area contributed by atoms with Crippen LogP contribution in [0.15, 0.2) is 24.3 Å². The molecule has 2 unspecified atom stereocenters. The molecule has 1 aromatic carbocycles. The summed E-state index contributed by atoms with van der Waals surface area (Å²) in [4.78, 5) is 14.3. The summed E-state index contributed by atoms with van der Waals surface area (Å²) in [5.41, 5.74) is 2.76. The van der Waals surface area contributed by atoms with Crippen molar-refractivity contribution >= 4 is 23.3 Å². The minimum Gasteiger partial charge on any atom is -0.480 e. The second kappa shape index (κ2) is 9.90. The molecule has 2 atom stereocenters. The van der Waals surface area contributed by atoms with Crippen LogP contribution in [0.25, 0.3) is 0 Å². The fraction of sp³-hybridized carbons (Fsp3) is 0.632. The molecule has 0 saturated carbocycles. The molecule has 0 amide bonds. The van der Waals surface area contributed by atoms with Crippen LogP contribution in [-0.4, -0.2) is 54.6 Å². The van der Waals surface area contributed by atoms with Crippen LogP contribution in [0, 0.1) is 12.8 Å². The van der Waals surface area contributed by atoms with E-state index in [0.29, 0.717) is 12.0 Å². The van der Waals surface area contributed by atoms with E-state index in [1.807, 2.05) is 0 Å². The Morgan fingerprint density at radius 3 is 2.50 bits per heavy atom. The van der Waals surface area contributed by atoms with Gasteiger partial charge in [0, 0.05) is 24.3 Å². The van der Waals surface area contributed by atoms with Crippen LogP contribution in [0.5, 0.6) is 0 Å². The number of nitrogens with zero attached hydrogens (tertiary/aromatic N) is 2. The summed E-state index contributed by atoms with van der Waals surface area (Å²) in [5.74, 6) is -0.588. The molecule has 1 fully saturated rings. The zero-order valence-corrected chi connectivity index (χ0v) is 16.3. The van der Waals surface area contributed by atoms with E-state index in [1.165, 1.54) is 30.6 Å². The standard InChI is InChI=1S/C17H28N2.C2H3ClO2/c1-13(2)17-12-15(18(4)5)9-10-19(17)16-8-6-7-14(3)11-16;3-1-2(4)5/h6-8,11,13,15,17H,9-10,12H2,1-5H3;1H2,(H,4,5). The van der Waals surface area contributed by atoms with Gasteiger partial charge in [0.1, 0.15) is 5.88 Å². The van der Waals surface area contributed by atoms with Crippen molar-refractivity contribution in [2.45, 2.75) is 45.7 Å². The maximum absolute atomic E-state index is 9.24. The SMILES string of the molecule is Cc1cccc(N2CCC(N(C)C)CC2C(C)C)c1.O=C(O)CCl. The molecule has 1 aromatic rings. The first-order valence-corrected chi connectivity index (χ1v) is 9.07. The second-order valence-corrected chi connectivity index (χ2v) is 7.28. The summed E-state index contributed by atoms with van der Waals surface area (Å²) in [5, 5.41) is 7.59. The van der Waals surface area contributed by atoms with E-state index in [9.17, 15) is 4.79 Å². The fourth-order valence-corrected chi connectivity index (χ4v) is 3.21. The molecule has 2 rings (SSSR count). The minimum atomic E-state index is -0.980. The Hall–Kier alpha value is -1.26. The third-order valence-corrected chi connectivity index (χ3v) is 4.79. The Bertz CT molecular complexity index is 520. The number of piperidine rings is 1. The highest BCUT2D eigenvalue weighted by Crippen LogP contribution is 2.30. The van der Waals surface area contributed by atoms with Gasteiger partial charge in [0.25, 0.3) is 0 Å². The van der Waals surface area contributed by atoms with Gasteiger partial charge in [0.2, 0.25) is 0 Å². The van der Waals surface area contributed by atoms with Gasteiger partial charge in [0.15, 0.2) is 0 Å². The van der Waals surface area contributed by atoms with E-state index < -0.39 is 5.97 Å². The number of carboxylic acids is 1. The lowest BCUT2D eigenvalue weighted by Crippen LogP contribution is -2.50. The van der Waals surface area contributed by atoms with Crippen LogP contribution in [0.4, 0.5) is 5.69 Å². The van der Waals surface area contributed by atoms with Gasteiger partial charge in [-0.25, -0.2) is 0 Å². The predicted molar refractivity (Wildman–Crippen MR) is 102 cm³/mol. The van der Waals surface area contributed by atoms with Crippen molar-refractivity contribution in [3.63, 3.8) is 0 Å². The first kappa shape index (κ1) is 20.8. The van der Waals surface area contributed by atoms with E-state index in [1.54, 1.807) is 0 Å². The first-order chi connectivity index (χ1) is 11.3. The number of alkyl halides is 1. The van der Waals surface area contributed by atoms with Crippen LogP contribution < -0.4 is 4.90 Å². The van der Waals surface area contributed by atoms with Crippen molar-refractivity contribution in [3.05, 3.63) is 29.8 Å².